The lowest BCUT2D eigenvalue weighted by atomic mass is 9.90. The Morgan fingerprint density at radius 3 is 2.66 bits per heavy atom. The van der Waals surface area contributed by atoms with Gasteiger partial charge in [0, 0.05) is 19.0 Å². The summed E-state index contributed by atoms with van der Waals surface area (Å²) in [6.07, 6.45) is -0.468. The molecule has 1 aromatic carbocycles. The fourth-order valence-electron chi connectivity index (χ4n) is 5.19. The lowest BCUT2D eigenvalue weighted by Crippen LogP contribution is -2.51. The third-order valence-corrected chi connectivity index (χ3v) is 8.31. The molecule has 5 rings (SSSR count). The van der Waals surface area contributed by atoms with E-state index < -0.39 is 23.6 Å². The number of aryl methyl sites for hydroxylation is 1. The Hall–Kier alpha value is -3.57. The number of aromatic nitrogens is 2. The van der Waals surface area contributed by atoms with Crippen LogP contribution in [0.15, 0.2) is 45.4 Å². The van der Waals surface area contributed by atoms with Crippen LogP contribution in [0.2, 0.25) is 0 Å². The molecule has 0 radical (unpaired) electrons. The first kappa shape index (κ1) is 26.1. The summed E-state index contributed by atoms with van der Waals surface area (Å²) in [4.78, 5) is 38.4. The van der Waals surface area contributed by atoms with Crippen molar-refractivity contribution in [1.29, 1.82) is 0 Å². The fourth-order valence-corrected chi connectivity index (χ4v) is 6.00. The van der Waals surface area contributed by atoms with Crippen LogP contribution in [0.3, 0.4) is 0 Å². The molecule has 200 valence electrons. The molecule has 0 spiro atoms. The Kier molecular flexibility index (Phi) is 6.83. The first-order chi connectivity index (χ1) is 18.1. The van der Waals surface area contributed by atoms with E-state index in [0.717, 1.165) is 21.7 Å². The van der Waals surface area contributed by atoms with Gasteiger partial charge in [0.2, 0.25) is 5.91 Å². The molecule has 0 saturated carbocycles. The third-order valence-electron chi connectivity index (χ3n) is 7.33. The topological polar surface area (TPSA) is 130 Å². The van der Waals surface area contributed by atoms with Crippen molar-refractivity contribution >= 4 is 29.0 Å². The number of aliphatic hydroxyl groups excluding tert-OH is 1. The van der Waals surface area contributed by atoms with Gasteiger partial charge in [-0.25, -0.2) is 4.98 Å². The number of carbonyl (C=O) groups is 2. The van der Waals surface area contributed by atoms with E-state index in [1.165, 1.54) is 7.11 Å². The van der Waals surface area contributed by atoms with Crippen molar-refractivity contribution in [3.8, 4) is 16.3 Å². The summed E-state index contributed by atoms with van der Waals surface area (Å²) in [6, 6.07) is 8.80. The van der Waals surface area contributed by atoms with Gasteiger partial charge in [0.05, 0.1) is 35.3 Å². The van der Waals surface area contributed by atoms with Gasteiger partial charge in [-0.1, -0.05) is 38.1 Å². The molecule has 2 aliphatic heterocycles. The highest BCUT2D eigenvalue weighted by atomic mass is 32.1. The summed E-state index contributed by atoms with van der Waals surface area (Å²) in [7, 11) is 1.48. The van der Waals surface area contributed by atoms with E-state index in [0.29, 0.717) is 11.6 Å². The Morgan fingerprint density at radius 1 is 1.32 bits per heavy atom. The second-order valence-electron chi connectivity index (χ2n) is 10.3. The molecular formula is C27H31N5O5S. The van der Waals surface area contributed by atoms with E-state index in [9.17, 15) is 14.7 Å². The Morgan fingerprint density at radius 2 is 2.05 bits per heavy atom. The molecule has 4 heterocycles. The van der Waals surface area contributed by atoms with E-state index in [1.807, 2.05) is 50.5 Å². The highest BCUT2D eigenvalue weighted by molar-refractivity contribution is 7.13. The van der Waals surface area contributed by atoms with Gasteiger partial charge in [0.25, 0.3) is 11.8 Å². The number of amidine groups is 1. The summed E-state index contributed by atoms with van der Waals surface area (Å²) in [5.74, 6) is -0.256. The molecule has 3 aromatic rings. The number of methoxy groups -OCH3 is 1. The highest BCUT2D eigenvalue weighted by Crippen LogP contribution is 2.35. The van der Waals surface area contributed by atoms with Crippen LogP contribution in [-0.2, 0) is 15.1 Å². The molecule has 38 heavy (non-hydrogen) atoms. The van der Waals surface area contributed by atoms with Crippen LogP contribution in [0.25, 0.3) is 10.4 Å². The van der Waals surface area contributed by atoms with E-state index in [2.05, 4.69) is 20.4 Å². The number of rotatable bonds is 7. The number of ether oxygens (including phenoxy) is 1. The first-order valence-electron chi connectivity index (χ1n) is 12.5. The van der Waals surface area contributed by atoms with Gasteiger partial charge in [-0.3, -0.25) is 9.59 Å². The quantitative estimate of drug-likeness (QED) is 0.470. The molecule has 10 nitrogen and oxygen atoms in total. The summed E-state index contributed by atoms with van der Waals surface area (Å²) in [6.45, 7) is 7.72. The van der Waals surface area contributed by atoms with Crippen molar-refractivity contribution in [3.63, 3.8) is 0 Å². The lowest BCUT2D eigenvalue weighted by molar-refractivity contribution is -0.134. The first-order valence-corrected chi connectivity index (χ1v) is 13.4. The normalized spacial score (nSPS) is 24.0. The van der Waals surface area contributed by atoms with Crippen molar-refractivity contribution in [2.75, 3.05) is 13.7 Å². The molecule has 2 amide bonds. The number of nitrogens with one attached hydrogen (secondary N) is 1. The van der Waals surface area contributed by atoms with Crippen molar-refractivity contribution < 1.29 is 24.0 Å². The number of hydrogen-bond acceptors (Lipinski definition) is 9. The summed E-state index contributed by atoms with van der Waals surface area (Å²) >= 11 is 1.57. The second kappa shape index (κ2) is 9.95. The number of benzene rings is 1. The Labute approximate surface area is 224 Å². The third kappa shape index (κ3) is 4.49. The smallest absolute Gasteiger partial charge is 0.277 e. The van der Waals surface area contributed by atoms with E-state index >= 15 is 0 Å². The largest absolute Gasteiger partial charge is 0.479 e. The average molecular weight is 538 g/mol. The monoisotopic (exact) mass is 537 g/mol. The van der Waals surface area contributed by atoms with Crippen LogP contribution in [0, 0.1) is 12.8 Å². The van der Waals surface area contributed by atoms with E-state index in [4.69, 9.17) is 9.26 Å². The number of hydrogen-bond donors (Lipinski definition) is 2. The zero-order valence-corrected chi connectivity index (χ0v) is 22.8. The van der Waals surface area contributed by atoms with Crippen molar-refractivity contribution in [3.05, 3.63) is 52.9 Å². The van der Waals surface area contributed by atoms with Gasteiger partial charge >= 0.3 is 0 Å². The van der Waals surface area contributed by atoms with Crippen LogP contribution in [0.5, 0.6) is 5.88 Å². The molecule has 0 bridgehead atoms. The molecule has 4 atom stereocenters. The maximum atomic E-state index is 13.8. The number of amides is 2. The number of carbonyl (C=O) groups excluding carboxylic acids is 2. The molecule has 2 aromatic heterocycles. The zero-order chi connectivity index (χ0) is 27.2. The maximum Gasteiger partial charge on any atom is 0.277 e. The van der Waals surface area contributed by atoms with Crippen molar-refractivity contribution in [2.24, 2.45) is 10.9 Å². The molecular weight excluding hydrogens is 506 g/mol. The number of likely N-dealkylation sites (tertiary alicyclic amines) is 1. The van der Waals surface area contributed by atoms with Gasteiger partial charge in [0.15, 0.2) is 5.76 Å². The molecule has 1 fully saturated rings. The minimum Gasteiger partial charge on any atom is -0.479 e. The van der Waals surface area contributed by atoms with E-state index in [-0.39, 0.29) is 36.6 Å². The average Bonchev–Trinajstić information content (AvgIpc) is 3.67. The van der Waals surface area contributed by atoms with Crippen LogP contribution < -0.4 is 10.1 Å². The molecule has 0 aliphatic carbocycles. The summed E-state index contributed by atoms with van der Waals surface area (Å²) in [5.41, 5.74) is 3.48. The number of aliphatic hydroxyl groups is 1. The minimum atomic E-state index is -1.09. The molecule has 2 N–H and O–H groups in total. The van der Waals surface area contributed by atoms with Gasteiger partial charge in [-0.15, -0.1) is 11.3 Å². The van der Waals surface area contributed by atoms with Gasteiger partial charge in [-0.05, 0) is 36.0 Å². The SMILES string of the molecule is COc1cc([C@@H](C(=O)N2C[C@H](O)C[C@@H]2C2=NC(=O)[C@](C)(c3ccc(-c4scnc4C)cc3)N2)C(C)C)on1. The summed E-state index contributed by atoms with van der Waals surface area (Å²) < 4.78 is 10.5. The van der Waals surface area contributed by atoms with Crippen molar-refractivity contribution in [1.82, 2.24) is 20.4 Å². The van der Waals surface area contributed by atoms with Gasteiger partial charge in [-0.2, -0.15) is 4.99 Å². The summed E-state index contributed by atoms with van der Waals surface area (Å²) in [5, 5.41) is 17.7. The predicted molar refractivity (Wildman–Crippen MR) is 142 cm³/mol. The van der Waals surface area contributed by atoms with Crippen LogP contribution in [-0.4, -0.2) is 63.6 Å². The standard InChI is InChI=1S/C27H31N5O5S/c1-14(2)22(20-11-21(36-5)31-37-20)25(34)32-12-18(33)10-19(32)24-29-26(35)27(4,30-24)17-8-6-16(7-9-17)23-15(3)28-13-38-23/h6-9,11,13-14,18-19,22,33H,10,12H2,1-5H3,(H,29,30,35)/t18-,19-,22+,27+/m1/s1. The van der Waals surface area contributed by atoms with E-state index in [1.54, 1.807) is 29.2 Å². The molecule has 2 aliphatic rings. The Balaban J connectivity index is 1.39. The van der Waals surface area contributed by atoms with Crippen LogP contribution in [0.1, 0.15) is 50.1 Å². The fraction of sp³-hybridized carbons (Fsp3) is 0.444. The van der Waals surface area contributed by atoms with Gasteiger partial charge < -0.3 is 24.6 Å². The van der Waals surface area contributed by atoms with Gasteiger partial charge in [0.1, 0.15) is 17.3 Å². The number of aliphatic imine (C=N–C) groups is 1. The zero-order valence-electron chi connectivity index (χ0n) is 22.0. The minimum absolute atomic E-state index is 0.107. The van der Waals surface area contributed by atoms with Crippen LogP contribution in [0.4, 0.5) is 0 Å². The predicted octanol–water partition coefficient (Wildman–Crippen LogP) is 3.26. The highest BCUT2D eigenvalue weighted by Gasteiger charge is 2.48. The second-order valence-corrected chi connectivity index (χ2v) is 11.1. The number of nitrogens with zero attached hydrogens (tertiary/aromatic N) is 4. The maximum absolute atomic E-state index is 13.8. The number of β-amino-alcohol motifs (C(OH)–C–C–N with tert-alkyl or cyclic N) is 1. The lowest BCUT2D eigenvalue weighted by Gasteiger charge is -2.31. The number of thiazole rings is 1. The molecule has 11 heteroatoms. The van der Waals surface area contributed by atoms with Crippen molar-refractivity contribution in [2.45, 2.75) is 57.7 Å². The Bertz CT molecular complexity index is 1380. The molecule has 0 unspecified atom stereocenters. The van der Waals surface area contributed by atoms with Crippen LogP contribution >= 0.6 is 11.3 Å². The molecule has 1 saturated heterocycles.